The Balaban J connectivity index is 1.66. The average molecular weight is 331 g/mol. The first-order valence-electron chi connectivity index (χ1n) is 10.1. The SMILES string of the molecule is CC(C)(O)C1CCC2C3CCC4=CC(=O)CCC4(C)C3CCC21C. The lowest BCUT2D eigenvalue weighted by molar-refractivity contribution is -0.119. The Kier molecular flexibility index (Phi) is 3.64. The zero-order valence-electron chi connectivity index (χ0n) is 15.9. The molecule has 0 aromatic carbocycles. The Hall–Kier alpha value is -0.630. The van der Waals surface area contributed by atoms with Crippen LogP contribution < -0.4 is 0 Å². The van der Waals surface area contributed by atoms with Crippen LogP contribution in [0.1, 0.15) is 79.1 Å². The zero-order valence-corrected chi connectivity index (χ0v) is 15.9. The lowest BCUT2D eigenvalue weighted by Gasteiger charge is -2.58. The molecule has 2 heteroatoms. The molecule has 3 fully saturated rings. The standard InChI is InChI=1S/C22H34O2/c1-20(2,24)19-8-7-17-16-6-5-14-13-15(23)9-11-21(14,3)18(16)10-12-22(17,19)4/h13,16-19,24H,5-12H2,1-4H3. The largest absolute Gasteiger partial charge is 0.390 e. The summed E-state index contributed by atoms with van der Waals surface area (Å²) in [5.41, 5.74) is 1.48. The molecule has 24 heavy (non-hydrogen) atoms. The molecule has 0 aromatic heterocycles. The van der Waals surface area contributed by atoms with Gasteiger partial charge in [0.2, 0.25) is 0 Å². The Morgan fingerprint density at radius 1 is 1.04 bits per heavy atom. The number of rotatable bonds is 1. The molecule has 0 amide bonds. The van der Waals surface area contributed by atoms with Crippen LogP contribution in [0.15, 0.2) is 11.6 Å². The molecule has 0 aliphatic heterocycles. The summed E-state index contributed by atoms with van der Waals surface area (Å²) in [5, 5.41) is 10.7. The molecule has 0 spiro atoms. The summed E-state index contributed by atoms with van der Waals surface area (Å²) in [6.07, 6.45) is 11.2. The van der Waals surface area contributed by atoms with Gasteiger partial charge in [0.05, 0.1) is 5.60 Å². The molecule has 1 N–H and O–H groups in total. The van der Waals surface area contributed by atoms with Gasteiger partial charge in [0, 0.05) is 6.42 Å². The smallest absolute Gasteiger partial charge is 0.155 e. The molecule has 2 nitrogen and oxygen atoms in total. The van der Waals surface area contributed by atoms with E-state index in [1.54, 1.807) is 0 Å². The molecule has 4 rings (SSSR count). The number of allylic oxidation sites excluding steroid dienone is 1. The van der Waals surface area contributed by atoms with Gasteiger partial charge in [-0.25, -0.2) is 0 Å². The monoisotopic (exact) mass is 330 g/mol. The molecule has 0 bridgehead atoms. The van der Waals surface area contributed by atoms with E-state index in [9.17, 15) is 9.90 Å². The highest BCUT2D eigenvalue weighted by molar-refractivity contribution is 5.91. The Morgan fingerprint density at radius 2 is 1.79 bits per heavy atom. The fourth-order valence-corrected chi connectivity index (χ4v) is 7.72. The minimum absolute atomic E-state index is 0.269. The number of fused-ring (bicyclic) bond motifs is 5. The van der Waals surface area contributed by atoms with Crippen LogP contribution in [0.3, 0.4) is 0 Å². The van der Waals surface area contributed by atoms with Crippen molar-refractivity contribution >= 4 is 5.78 Å². The number of ketones is 1. The van der Waals surface area contributed by atoms with Crippen molar-refractivity contribution in [2.75, 3.05) is 0 Å². The van der Waals surface area contributed by atoms with Gasteiger partial charge in [-0.3, -0.25) is 4.79 Å². The van der Waals surface area contributed by atoms with Crippen molar-refractivity contribution in [2.45, 2.75) is 84.7 Å². The third-order valence-corrected chi connectivity index (χ3v) is 8.81. The molecule has 0 aromatic rings. The molecule has 6 atom stereocenters. The summed E-state index contributed by atoms with van der Waals surface area (Å²) in [5.74, 6) is 3.11. The topological polar surface area (TPSA) is 37.3 Å². The summed E-state index contributed by atoms with van der Waals surface area (Å²) in [6.45, 7) is 8.97. The normalized spacial score (nSPS) is 48.4. The Labute approximate surface area is 147 Å². The van der Waals surface area contributed by atoms with Crippen molar-refractivity contribution in [1.29, 1.82) is 0 Å². The third kappa shape index (κ3) is 2.21. The highest BCUT2D eigenvalue weighted by atomic mass is 16.3. The maximum absolute atomic E-state index is 11.9. The summed E-state index contributed by atoms with van der Waals surface area (Å²) >= 11 is 0. The Morgan fingerprint density at radius 3 is 2.50 bits per heavy atom. The summed E-state index contributed by atoms with van der Waals surface area (Å²) < 4.78 is 0. The fourth-order valence-electron chi connectivity index (χ4n) is 7.72. The van der Waals surface area contributed by atoms with E-state index >= 15 is 0 Å². The van der Waals surface area contributed by atoms with Gasteiger partial charge in [-0.15, -0.1) is 0 Å². The zero-order chi connectivity index (χ0) is 17.3. The van der Waals surface area contributed by atoms with Crippen molar-refractivity contribution in [1.82, 2.24) is 0 Å². The maximum Gasteiger partial charge on any atom is 0.155 e. The highest BCUT2D eigenvalue weighted by Crippen LogP contribution is 2.67. The van der Waals surface area contributed by atoms with Crippen LogP contribution in [-0.2, 0) is 4.79 Å². The number of aliphatic hydroxyl groups is 1. The average Bonchev–Trinajstić information content (AvgIpc) is 2.85. The van der Waals surface area contributed by atoms with E-state index in [0.29, 0.717) is 17.1 Å². The van der Waals surface area contributed by atoms with Crippen LogP contribution in [0.5, 0.6) is 0 Å². The minimum atomic E-state index is -0.558. The molecule has 0 radical (unpaired) electrons. The van der Waals surface area contributed by atoms with E-state index in [0.717, 1.165) is 37.0 Å². The lowest BCUT2D eigenvalue weighted by atomic mass is 9.46. The van der Waals surface area contributed by atoms with E-state index in [-0.39, 0.29) is 5.41 Å². The predicted molar refractivity (Wildman–Crippen MR) is 96.5 cm³/mol. The lowest BCUT2D eigenvalue weighted by Crippen LogP contribution is -2.52. The van der Waals surface area contributed by atoms with Crippen LogP contribution >= 0.6 is 0 Å². The second-order valence-electron chi connectivity index (χ2n) is 10.3. The van der Waals surface area contributed by atoms with E-state index < -0.39 is 5.60 Å². The van der Waals surface area contributed by atoms with Gasteiger partial charge in [0.25, 0.3) is 0 Å². The second-order valence-corrected chi connectivity index (χ2v) is 10.3. The molecular formula is C22H34O2. The van der Waals surface area contributed by atoms with Crippen molar-refractivity contribution < 1.29 is 9.90 Å². The summed E-state index contributed by atoms with van der Waals surface area (Å²) in [6, 6.07) is 0. The van der Waals surface area contributed by atoms with Crippen molar-refractivity contribution in [3.05, 3.63) is 11.6 Å². The van der Waals surface area contributed by atoms with E-state index in [1.165, 1.54) is 37.7 Å². The number of hydrogen-bond acceptors (Lipinski definition) is 2. The molecule has 4 aliphatic carbocycles. The van der Waals surface area contributed by atoms with E-state index in [2.05, 4.69) is 13.8 Å². The van der Waals surface area contributed by atoms with E-state index in [1.807, 2.05) is 19.9 Å². The van der Waals surface area contributed by atoms with Crippen LogP contribution in [0.25, 0.3) is 0 Å². The minimum Gasteiger partial charge on any atom is -0.390 e. The van der Waals surface area contributed by atoms with Crippen LogP contribution in [0, 0.1) is 34.5 Å². The van der Waals surface area contributed by atoms with Crippen molar-refractivity contribution in [3.8, 4) is 0 Å². The molecule has 134 valence electrons. The Bertz CT molecular complexity index is 583. The van der Waals surface area contributed by atoms with Gasteiger partial charge in [-0.1, -0.05) is 19.4 Å². The summed E-state index contributed by atoms with van der Waals surface area (Å²) in [4.78, 5) is 11.9. The van der Waals surface area contributed by atoms with Crippen LogP contribution in [-0.4, -0.2) is 16.5 Å². The molecule has 0 saturated heterocycles. The van der Waals surface area contributed by atoms with Crippen LogP contribution in [0.4, 0.5) is 0 Å². The van der Waals surface area contributed by atoms with Gasteiger partial charge in [-0.2, -0.15) is 0 Å². The first kappa shape index (κ1) is 16.8. The molecule has 0 heterocycles. The number of hydrogen-bond donors (Lipinski definition) is 1. The van der Waals surface area contributed by atoms with Crippen LogP contribution in [0.2, 0.25) is 0 Å². The molecular weight excluding hydrogens is 296 g/mol. The fraction of sp³-hybridized carbons (Fsp3) is 0.864. The molecule has 4 aliphatic rings. The van der Waals surface area contributed by atoms with Gasteiger partial charge < -0.3 is 5.11 Å². The molecule has 3 saturated carbocycles. The van der Waals surface area contributed by atoms with Gasteiger partial charge in [0.1, 0.15) is 0 Å². The quantitative estimate of drug-likeness (QED) is 0.742. The van der Waals surface area contributed by atoms with Gasteiger partial charge in [0.15, 0.2) is 5.78 Å². The first-order chi connectivity index (χ1) is 11.2. The summed E-state index contributed by atoms with van der Waals surface area (Å²) in [7, 11) is 0. The van der Waals surface area contributed by atoms with Gasteiger partial charge >= 0.3 is 0 Å². The predicted octanol–water partition coefficient (Wildman–Crippen LogP) is 4.91. The van der Waals surface area contributed by atoms with Crippen molar-refractivity contribution in [2.24, 2.45) is 34.5 Å². The van der Waals surface area contributed by atoms with Gasteiger partial charge in [-0.05, 0) is 99.4 Å². The molecule has 6 unspecified atom stereocenters. The highest BCUT2D eigenvalue weighted by Gasteiger charge is 2.60. The first-order valence-corrected chi connectivity index (χ1v) is 10.1. The third-order valence-electron chi connectivity index (χ3n) is 8.81. The number of carbonyl (C=O) groups excluding carboxylic acids is 1. The maximum atomic E-state index is 11.9. The van der Waals surface area contributed by atoms with Crippen molar-refractivity contribution in [3.63, 3.8) is 0 Å². The van der Waals surface area contributed by atoms with E-state index in [4.69, 9.17) is 0 Å². The number of carbonyl (C=O) groups is 1. The second kappa shape index (κ2) is 5.19.